The number of carboxylic acids is 1. The van der Waals surface area contributed by atoms with E-state index in [4.69, 9.17) is 5.11 Å². The molecule has 1 rings (SSSR count). The molecule has 20 heavy (non-hydrogen) atoms. The first kappa shape index (κ1) is 15.8. The molecule has 4 N–H and O–H groups in total. The molecular weight excluding hydrogens is 262 g/mol. The molecule has 0 radical (unpaired) electrons. The average Bonchev–Trinajstić information content (AvgIpc) is 2.40. The topological polar surface area (TPSA) is 107 Å². The van der Waals surface area contributed by atoms with Crippen LogP contribution in [0.2, 0.25) is 0 Å². The highest BCUT2D eigenvalue weighted by Gasteiger charge is 2.22. The maximum atomic E-state index is 11.7. The van der Waals surface area contributed by atoms with Crippen LogP contribution in [0.25, 0.3) is 0 Å². The number of rotatable bonds is 6. The third kappa shape index (κ3) is 4.15. The minimum Gasteiger partial charge on any atom is -0.504 e. The first-order chi connectivity index (χ1) is 9.35. The Kier molecular flexibility index (Phi) is 5.37. The molecule has 0 fully saturated rings. The molecule has 1 amide bonds. The number of benzene rings is 1. The second-order valence-corrected chi connectivity index (χ2v) is 4.74. The number of aromatic hydroxyl groups is 2. The fourth-order valence-corrected chi connectivity index (χ4v) is 1.63. The number of nitrogens with one attached hydrogen (secondary N) is 1. The van der Waals surface area contributed by atoms with E-state index in [9.17, 15) is 19.8 Å². The van der Waals surface area contributed by atoms with Gasteiger partial charge < -0.3 is 20.6 Å². The molecule has 2 atom stereocenters. The lowest BCUT2D eigenvalue weighted by atomic mass is 10.0. The Morgan fingerprint density at radius 2 is 1.90 bits per heavy atom. The van der Waals surface area contributed by atoms with Gasteiger partial charge in [-0.3, -0.25) is 4.79 Å². The quantitative estimate of drug-likeness (QED) is 0.587. The summed E-state index contributed by atoms with van der Waals surface area (Å²) in [6.45, 7) is 3.57. The molecule has 1 aromatic carbocycles. The zero-order valence-corrected chi connectivity index (χ0v) is 11.5. The van der Waals surface area contributed by atoms with Crippen LogP contribution in [-0.4, -0.2) is 33.2 Å². The number of hydrogen-bond acceptors (Lipinski definition) is 4. The van der Waals surface area contributed by atoms with Crippen molar-refractivity contribution in [3.63, 3.8) is 0 Å². The highest BCUT2D eigenvalue weighted by molar-refractivity contribution is 5.84. The Balaban J connectivity index is 2.79. The zero-order valence-electron chi connectivity index (χ0n) is 11.5. The van der Waals surface area contributed by atoms with E-state index in [1.165, 1.54) is 18.2 Å². The van der Waals surface area contributed by atoms with Gasteiger partial charge in [-0.25, -0.2) is 4.79 Å². The van der Waals surface area contributed by atoms with Gasteiger partial charge in [0, 0.05) is 12.3 Å². The van der Waals surface area contributed by atoms with Gasteiger partial charge in [0.05, 0.1) is 0 Å². The summed E-state index contributed by atoms with van der Waals surface area (Å²) in [7, 11) is 0. The van der Waals surface area contributed by atoms with Gasteiger partial charge in [0.25, 0.3) is 0 Å². The maximum Gasteiger partial charge on any atom is 0.326 e. The number of phenols is 2. The van der Waals surface area contributed by atoms with Crippen molar-refractivity contribution in [2.24, 2.45) is 5.92 Å². The number of amides is 1. The van der Waals surface area contributed by atoms with Crippen LogP contribution in [0.3, 0.4) is 0 Å². The van der Waals surface area contributed by atoms with Crippen LogP contribution >= 0.6 is 0 Å². The molecule has 0 aliphatic heterocycles. The van der Waals surface area contributed by atoms with Gasteiger partial charge in [0.15, 0.2) is 11.5 Å². The molecule has 0 heterocycles. The van der Waals surface area contributed by atoms with Crippen molar-refractivity contribution in [2.45, 2.75) is 32.7 Å². The molecule has 1 aromatic rings. The van der Waals surface area contributed by atoms with Crippen LogP contribution < -0.4 is 5.32 Å². The summed E-state index contributed by atoms with van der Waals surface area (Å²) in [6, 6.07) is 2.99. The summed E-state index contributed by atoms with van der Waals surface area (Å²) >= 11 is 0. The molecule has 0 aliphatic rings. The smallest absolute Gasteiger partial charge is 0.326 e. The van der Waals surface area contributed by atoms with Gasteiger partial charge in [-0.05, 0) is 24.1 Å². The van der Waals surface area contributed by atoms with E-state index < -0.39 is 12.0 Å². The van der Waals surface area contributed by atoms with Crippen molar-refractivity contribution >= 4 is 11.9 Å². The van der Waals surface area contributed by atoms with Gasteiger partial charge in [0.1, 0.15) is 6.04 Å². The lowest BCUT2D eigenvalue weighted by Crippen LogP contribution is -2.44. The highest BCUT2D eigenvalue weighted by atomic mass is 16.4. The van der Waals surface area contributed by atoms with E-state index in [0.717, 1.165) is 0 Å². The van der Waals surface area contributed by atoms with Crippen molar-refractivity contribution in [1.82, 2.24) is 5.32 Å². The molecule has 0 aliphatic carbocycles. The first-order valence-corrected chi connectivity index (χ1v) is 6.39. The normalized spacial score (nSPS) is 13.5. The van der Waals surface area contributed by atoms with Gasteiger partial charge in [0.2, 0.25) is 5.91 Å². The van der Waals surface area contributed by atoms with Crippen molar-refractivity contribution in [1.29, 1.82) is 0 Å². The number of aliphatic carboxylic acids is 1. The fourth-order valence-electron chi connectivity index (χ4n) is 1.63. The Morgan fingerprint density at radius 3 is 2.40 bits per heavy atom. The van der Waals surface area contributed by atoms with Crippen molar-refractivity contribution in [2.75, 3.05) is 0 Å². The fraction of sp³-hybridized carbons (Fsp3) is 0.429. The lowest BCUT2D eigenvalue weighted by Gasteiger charge is -2.17. The van der Waals surface area contributed by atoms with E-state index in [-0.39, 0.29) is 29.7 Å². The minimum absolute atomic E-state index is 0.0331. The van der Waals surface area contributed by atoms with Crippen molar-refractivity contribution < 1.29 is 24.9 Å². The third-order valence-corrected chi connectivity index (χ3v) is 3.15. The predicted molar refractivity (Wildman–Crippen MR) is 72.5 cm³/mol. The number of phenolic OH excluding ortho intramolecular Hbond substituents is 2. The first-order valence-electron chi connectivity index (χ1n) is 6.39. The Bertz CT molecular complexity index is 500. The second kappa shape index (κ2) is 6.79. The van der Waals surface area contributed by atoms with Gasteiger partial charge >= 0.3 is 5.97 Å². The average molecular weight is 281 g/mol. The van der Waals surface area contributed by atoms with Gasteiger partial charge in [-0.2, -0.15) is 0 Å². The predicted octanol–water partition coefficient (Wildman–Crippen LogP) is 1.26. The number of carbonyl (C=O) groups excluding carboxylic acids is 1. The molecule has 0 saturated heterocycles. The maximum absolute atomic E-state index is 11.7. The Hall–Kier alpha value is -2.24. The molecular formula is C14H19NO5. The van der Waals surface area contributed by atoms with E-state index in [0.29, 0.717) is 12.0 Å². The Morgan fingerprint density at radius 1 is 1.25 bits per heavy atom. The van der Waals surface area contributed by atoms with Crippen LogP contribution in [0, 0.1) is 5.92 Å². The second-order valence-electron chi connectivity index (χ2n) is 4.74. The number of carbonyl (C=O) groups is 2. The summed E-state index contributed by atoms with van der Waals surface area (Å²) in [5.41, 5.74) is 0.511. The molecule has 6 heteroatoms. The summed E-state index contributed by atoms with van der Waals surface area (Å²) in [5.74, 6) is -2.31. The molecule has 0 aromatic heterocycles. The van der Waals surface area contributed by atoms with E-state index in [1.807, 2.05) is 6.92 Å². The molecule has 0 saturated carbocycles. The van der Waals surface area contributed by atoms with Crippen LogP contribution in [0.4, 0.5) is 0 Å². The van der Waals surface area contributed by atoms with Crippen molar-refractivity contribution in [3.8, 4) is 11.5 Å². The van der Waals surface area contributed by atoms with E-state index in [1.54, 1.807) is 6.92 Å². The van der Waals surface area contributed by atoms with Crippen LogP contribution in [-0.2, 0) is 16.0 Å². The molecule has 0 spiro atoms. The van der Waals surface area contributed by atoms with Gasteiger partial charge in [-0.1, -0.05) is 19.9 Å². The summed E-state index contributed by atoms with van der Waals surface area (Å²) in [4.78, 5) is 22.9. The summed E-state index contributed by atoms with van der Waals surface area (Å²) < 4.78 is 0. The van der Waals surface area contributed by atoms with E-state index in [2.05, 4.69) is 5.32 Å². The van der Waals surface area contributed by atoms with E-state index >= 15 is 0 Å². The van der Waals surface area contributed by atoms with Crippen LogP contribution in [0.1, 0.15) is 25.8 Å². The minimum atomic E-state index is -1.14. The van der Waals surface area contributed by atoms with Crippen LogP contribution in [0.5, 0.6) is 11.5 Å². The molecule has 110 valence electrons. The SMILES string of the molecule is CCC(C)C(=O)NC(Cc1ccc(O)c(O)c1)C(=O)O. The molecule has 0 bridgehead atoms. The number of carboxylic acid groups (broad SMARTS) is 1. The molecule has 6 nitrogen and oxygen atoms in total. The molecule has 2 unspecified atom stereocenters. The van der Waals surface area contributed by atoms with Crippen molar-refractivity contribution in [3.05, 3.63) is 23.8 Å². The van der Waals surface area contributed by atoms with Gasteiger partial charge in [-0.15, -0.1) is 0 Å². The summed E-state index contributed by atoms with van der Waals surface area (Å²) in [6.07, 6.45) is 0.656. The van der Waals surface area contributed by atoms with Crippen LogP contribution in [0.15, 0.2) is 18.2 Å². The monoisotopic (exact) mass is 281 g/mol. The zero-order chi connectivity index (χ0) is 15.3. The highest BCUT2D eigenvalue weighted by Crippen LogP contribution is 2.25. The largest absolute Gasteiger partial charge is 0.504 e. The lowest BCUT2D eigenvalue weighted by molar-refractivity contribution is -0.142. The Labute approximate surface area is 117 Å². The number of hydrogen-bond donors (Lipinski definition) is 4. The third-order valence-electron chi connectivity index (χ3n) is 3.15. The summed E-state index contributed by atoms with van der Waals surface area (Å²) in [5, 5.41) is 30.2. The standard InChI is InChI=1S/C14H19NO5/c1-3-8(2)13(18)15-10(14(19)20)6-9-4-5-11(16)12(17)7-9/h4-5,7-8,10,16-17H,3,6H2,1-2H3,(H,15,18)(H,19,20).